The molecule has 2 aromatic rings. The van der Waals surface area contributed by atoms with Gasteiger partial charge in [0.05, 0.1) is 6.54 Å². The predicted octanol–water partition coefficient (Wildman–Crippen LogP) is 3.05. The van der Waals surface area contributed by atoms with Crippen LogP contribution in [0.3, 0.4) is 0 Å². The molecule has 2 aromatic heterocycles. The molecule has 19 heavy (non-hydrogen) atoms. The van der Waals surface area contributed by atoms with Crippen molar-refractivity contribution in [2.45, 2.75) is 32.7 Å². The molecule has 2 N–H and O–H groups in total. The molecule has 0 spiro atoms. The first kappa shape index (κ1) is 17.7. The highest BCUT2D eigenvalue weighted by Gasteiger charge is 2.20. The lowest BCUT2D eigenvalue weighted by molar-refractivity contribution is 0.506. The van der Waals surface area contributed by atoms with Crippen LogP contribution in [0.25, 0.3) is 0 Å². The first-order valence-electron chi connectivity index (χ1n) is 5.69. The van der Waals surface area contributed by atoms with Gasteiger partial charge in [-0.3, -0.25) is 9.67 Å². The predicted molar refractivity (Wildman–Crippen MR) is 83.2 cm³/mol. The molecule has 0 bridgehead atoms. The molecule has 0 aliphatic rings. The Balaban J connectivity index is 0.00000162. The van der Waals surface area contributed by atoms with Crippen molar-refractivity contribution in [3.05, 3.63) is 41.9 Å². The zero-order valence-corrected chi connectivity index (χ0v) is 13.0. The number of anilines is 1. The van der Waals surface area contributed by atoms with Crippen LogP contribution in [0.5, 0.6) is 0 Å². The van der Waals surface area contributed by atoms with Crippen molar-refractivity contribution in [2.24, 2.45) is 0 Å². The topological polar surface area (TPSA) is 56.7 Å². The third kappa shape index (κ3) is 4.40. The van der Waals surface area contributed by atoms with E-state index < -0.39 is 0 Å². The quantitative estimate of drug-likeness (QED) is 0.927. The van der Waals surface area contributed by atoms with E-state index in [0.29, 0.717) is 12.4 Å². The fourth-order valence-electron chi connectivity index (χ4n) is 1.83. The number of hydrogen-bond donors (Lipinski definition) is 1. The van der Waals surface area contributed by atoms with E-state index in [0.717, 1.165) is 11.3 Å². The van der Waals surface area contributed by atoms with E-state index in [2.05, 4.69) is 30.9 Å². The van der Waals surface area contributed by atoms with Crippen LogP contribution in [-0.2, 0) is 12.0 Å². The van der Waals surface area contributed by atoms with Crippen molar-refractivity contribution >= 4 is 30.6 Å². The molecule has 106 valence electrons. The van der Waals surface area contributed by atoms with Gasteiger partial charge in [-0.25, -0.2) is 0 Å². The summed E-state index contributed by atoms with van der Waals surface area (Å²) in [5, 5.41) is 4.34. The number of aromatic nitrogens is 3. The van der Waals surface area contributed by atoms with Gasteiger partial charge in [-0.15, -0.1) is 24.8 Å². The normalized spacial score (nSPS) is 10.5. The summed E-state index contributed by atoms with van der Waals surface area (Å²) in [5.41, 5.74) is 8.08. The van der Waals surface area contributed by atoms with E-state index >= 15 is 0 Å². The fraction of sp³-hybridized carbons (Fsp3) is 0.385. The lowest BCUT2D eigenvalue weighted by atomic mass is 9.92. The smallest absolute Gasteiger partial charge is 0.145 e. The van der Waals surface area contributed by atoms with Gasteiger partial charge in [0.2, 0.25) is 0 Å². The van der Waals surface area contributed by atoms with E-state index in [4.69, 9.17) is 5.73 Å². The first-order chi connectivity index (χ1) is 7.97. The molecular weight excluding hydrogens is 283 g/mol. The minimum atomic E-state index is 0. The molecule has 0 fully saturated rings. The van der Waals surface area contributed by atoms with Gasteiger partial charge in [0, 0.05) is 29.6 Å². The van der Waals surface area contributed by atoms with Gasteiger partial charge in [0.15, 0.2) is 0 Å². The van der Waals surface area contributed by atoms with Crippen molar-refractivity contribution in [1.82, 2.24) is 14.8 Å². The van der Waals surface area contributed by atoms with Crippen LogP contribution in [0.15, 0.2) is 30.6 Å². The summed E-state index contributed by atoms with van der Waals surface area (Å²) in [6.45, 7) is 7.17. The Kier molecular flexibility index (Phi) is 6.33. The molecular formula is C13H20Cl2N4. The Morgan fingerprint density at radius 3 is 2.47 bits per heavy atom. The van der Waals surface area contributed by atoms with E-state index in [9.17, 15) is 0 Å². The van der Waals surface area contributed by atoms with Gasteiger partial charge >= 0.3 is 0 Å². The van der Waals surface area contributed by atoms with Crippen molar-refractivity contribution < 1.29 is 0 Å². The highest BCUT2D eigenvalue weighted by Crippen LogP contribution is 2.24. The maximum absolute atomic E-state index is 5.78. The Morgan fingerprint density at radius 1 is 1.26 bits per heavy atom. The summed E-state index contributed by atoms with van der Waals surface area (Å²) in [5.74, 6) is 0.568. The Labute approximate surface area is 126 Å². The second-order valence-electron chi connectivity index (χ2n) is 5.22. The molecule has 0 saturated heterocycles. The van der Waals surface area contributed by atoms with Crippen LogP contribution >= 0.6 is 24.8 Å². The first-order valence-corrected chi connectivity index (χ1v) is 5.69. The summed E-state index contributed by atoms with van der Waals surface area (Å²) in [4.78, 5) is 4.11. The van der Waals surface area contributed by atoms with Crippen LogP contribution in [0.4, 0.5) is 5.82 Å². The lowest BCUT2D eigenvalue weighted by Crippen LogP contribution is -2.18. The van der Waals surface area contributed by atoms with Crippen LogP contribution in [-0.4, -0.2) is 14.8 Å². The van der Waals surface area contributed by atoms with Crippen LogP contribution < -0.4 is 5.73 Å². The fourth-order valence-corrected chi connectivity index (χ4v) is 1.83. The molecule has 0 radical (unpaired) electrons. The average Bonchev–Trinajstić information content (AvgIpc) is 2.60. The van der Waals surface area contributed by atoms with Gasteiger partial charge in [0.25, 0.3) is 0 Å². The molecule has 0 aliphatic heterocycles. The molecule has 0 saturated carbocycles. The highest BCUT2D eigenvalue weighted by molar-refractivity contribution is 5.85. The van der Waals surface area contributed by atoms with Crippen molar-refractivity contribution in [3.63, 3.8) is 0 Å². The largest absolute Gasteiger partial charge is 0.382 e. The molecule has 0 atom stereocenters. The molecule has 2 heterocycles. The Morgan fingerprint density at radius 2 is 1.95 bits per heavy atom. The minimum Gasteiger partial charge on any atom is -0.382 e. The number of halogens is 2. The zero-order chi connectivity index (χ0) is 12.5. The number of hydrogen-bond acceptors (Lipinski definition) is 3. The zero-order valence-electron chi connectivity index (χ0n) is 11.3. The summed E-state index contributed by atoms with van der Waals surface area (Å²) in [6.07, 6.45) is 3.62. The third-order valence-electron chi connectivity index (χ3n) is 2.62. The van der Waals surface area contributed by atoms with E-state index in [-0.39, 0.29) is 30.2 Å². The van der Waals surface area contributed by atoms with Gasteiger partial charge in [-0.1, -0.05) is 26.8 Å². The van der Waals surface area contributed by atoms with Gasteiger partial charge in [0.1, 0.15) is 5.82 Å². The summed E-state index contributed by atoms with van der Waals surface area (Å²) in [6, 6.07) is 5.91. The minimum absolute atomic E-state index is 0. The van der Waals surface area contributed by atoms with E-state index in [1.54, 1.807) is 6.20 Å². The summed E-state index contributed by atoms with van der Waals surface area (Å²) >= 11 is 0. The molecule has 0 aromatic carbocycles. The maximum Gasteiger partial charge on any atom is 0.145 e. The van der Waals surface area contributed by atoms with Crippen molar-refractivity contribution in [3.8, 4) is 0 Å². The monoisotopic (exact) mass is 302 g/mol. The molecule has 0 aliphatic carbocycles. The molecule has 0 unspecified atom stereocenters. The van der Waals surface area contributed by atoms with Gasteiger partial charge in [-0.05, 0) is 11.6 Å². The second kappa shape index (κ2) is 6.78. The van der Waals surface area contributed by atoms with Gasteiger partial charge in [-0.2, -0.15) is 5.10 Å². The van der Waals surface area contributed by atoms with Crippen LogP contribution in [0, 0.1) is 0 Å². The van der Waals surface area contributed by atoms with Crippen LogP contribution in [0.2, 0.25) is 0 Å². The molecule has 6 heteroatoms. The maximum atomic E-state index is 5.78. The SMILES string of the molecule is CC(C)(C)c1cc(N)nn1Cc1cccnc1.Cl.Cl. The van der Waals surface area contributed by atoms with Crippen molar-refractivity contribution in [2.75, 3.05) is 5.73 Å². The van der Waals surface area contributed by atoms with Crippen molar-refractivity contribution in [1.29, 1.82) is 0 Å². The third-order valence-corrected chi connectivity index (χ3v) is 2.62. The van der Waals surface area contributed by atoms with E-state index in [1.165, 1.54) is 0 Å². The number of nitrogens with two attached hydrogens (primary N) is 1. The molecule has 2 rings (SSSR count). The summed E-state index contributed by atoms with van der Waals surface area (Å²) in [7, 11) is 0. The second-order valence-corrected chi connectivity index (χ2v) is 5.22. The number of nitrogens with zero attached hydrogens (tertiary/aromatic N) is 3. The average molecular weight is 303 g/mol. The number of pyridine rings is 1. The standard InChI is InChI=1S/C13H18N4.2ClH/c1-13(2,3)11-7-12(14)16-17(11)9-10-5-4-6-15-8-10;;/h4-8H,9H2,1-3H3,(H2,14,16);2*1H. The molecule has 0 amide bonds. The van der Waals surface area contributed by atoms with Crippen LogP contribution in [0.1, 0.15) is 32.0 Å². The highest BCUT2D eigenvalue weighted by atomic mass is 35.5. The summed E-state index contributed by atoms with van der Waals surface area (Å²) < 4.78 is 1.95. The Hall–Kier alpha value is -1.26. The number of nitrogen functional groups attached to an aromatic ring is 1. The Bertz CT molecular complexity index is 503. The number of rotatable bonds is 2. The lowest BCUT2D eigenvalue weighted by Gasteiger charge is -2.20. The van der Waals surface area contributed by atoms with E-state index in [1.807, 2.05) is 29.1 Å². The van der Waals surface area contributed by atoms with Gasteiger partial charge < -0.3 is 5.73 Å². The molecule has 4 nitrogen and oxygen atoms in total.